The zero-order chi connectivity index (χ0) is 13.1. The molecule has 1 aromatic carbocycles. The van der Waals surface area contributed by atoms with Gasteiger partial charge in [0.05, 0.1) is 0 Å². The van der Waals surface area contributed by atoms with Crippen molar-refractivity contribution in [2.75, 3.05) is 31.9 Å². The minimum absolute atomic E-state index is 0.542. The zero-order valence-corrected chi connectivity index (χ0v) is 11.7. The SMILES string of the molecule is Nc1ccc2c(c1)CCC2NCCN1CCCCC1. The summed E-state index contributed by atoms with van der Waals surface area (Å²) in [5, 5.41) is 3.72. The Morgan fingerprint density at radius 3 is 2.89 bits per heavy atom. The quantitative estimate of drug-likeness (QED) is 0.815. The Bertz CT molecular complexity index is 424. The molecule has 1 heterocycles. The molecule has 0 bridgehead atoms. The smallest absolute Gasteiger partial charge is 0.0326 e. The molecule has 0 spiro atoms. The Balaban J connectivity index is 1.49. The molecule has 3 rings (SSSR count). The Hall–Kier alpha value is -1.06. The first-order chi connectivity index (χ1) is 9.33. The second kappa shape index (κ2) is 5.93. The highest BCUT2D eigenvalue weighted by molar-refractivity contribution is 5.47. The largest absolute Gasteiger partial charge is 0.399 e. The summed E-state index contributed by atoms with van der Waals surface area (Å²) >= 11 is 0. The topological polar surface area (TPSA) is 41.3 Å². The number of piperidine rings is 1. The molecule has 1 fully saturated rings. The van der Waals surface area contributed by atoms with Gasteiger partial charge in [-0.05, 0) is 62.0 Å². The molecule has 1 aliphatic carbocycles. The Morgan fingerprint density at radius 1 is 1.21 bits per heavy atom. The van der Waals surface area contributed by atoms with Crippen LogP contribution in [0.2, 0.25) is 0 Å². The van der Waals surface area contributed by atoms with Crippen LogP contribution in [0.25, 0.3) is 0 Å². The van der Waals surface area contributed by atoms with E-state index in [0.717, 1.165) is 12.2 Å². The summed E-state index contributed by atoms with van der Waals surface area (Å²) in [5.74, 6) is 0. The van der Waals surface area contributed by atoms with Crippen LogP contribution in [0, 0.1) is 0 Å². The number of hydrogen-bond donors (Lipinski definition) is 2. The van der Waals surface area contributed by atoms with Gasteiger partial charge in [-0.1, -0.05) is 12.5 Å². The van der Waals surface area contributed by atoms with Gasteiger partial charge in [0.25, 0.3) is 0 Å². The fourth-order valence-electron chi connectivity index (χ4n) is 3.43. The molecule has 19 heavy (non-hydrogen) atoms. The molecule has 1 unspecified atom stereocenters. The average Bonchev–Trinajstić information content (AvgIpc) is 2.82. The number of likely N-dealkylation sites (tertiary alicyclic amines) is 1. The molecule has 1 saturated heterocycles. The van der Waals surface area contributed by atoms with E-state index in [-0.39, 0.29) is 0 Å². The van der Waals surface area contributed by atoms with Crippen LogP contribution in [0.5, 0.6) is 0 Å². The first-order valence-electron chi connectivity index (χ1n) is 7.67. The molecule has 1 atom stereocenters. The summed E-state index contributed by atoms with van der Waals surface area (Å²) in [6, 6.07) is 6.92. The lowest BCUT2D eigenvalue weighted by Gasteiger charge is -2.27. The summed E-state index contributed by atoms with van der Waals surface area (Å²) in [5.41, 5.74) is 9.65. The van der Waals surface area contributed by atoms with Crippen molar-refractivity contribution < 1.29 is 0 Å². The lowest BCUT2D eigenvalue weighted by Crippen LogP contribution is -2.36. The van der Waals surface area contributed by atoms with E-state index >= 15 is 0 Å². The van der Waals surface area contributed by atoms with E-state index in [1.54, 1.807) is 0 Å². The van der Waals surface area contributed by atoms with Gasteiger partial charge in [0, 0.05) is 24.8 Å². The maximum atomic E-state index is 5.85. The number of nitrogens with one attached hydrogen (secondary N) is 1. The van der Waals surface area contributed by atoms with Crippen molar-refractivity contribution in [2.24, 2.45) is 0 Å². The van der Waals surface area contributed by atoms with Gasteiger partial charge in [-0.3, -0.25) is 0 Å². The number of rotatable bonds is 4. The number of nitrogens with zero attached hydrogens (tertiary/aromatic N) is 1. The first-order valence-corrected chi connectivity index (χ1v) is 7.67. The Kier molecular flexibility index (Phi) is 4.04. The third-order valence-corrected chi connectivity index (χ3v) is 4.51. The van der Waals surface area contributed by atoms with Gasteiger partial charge in [0.15, 0.2) is 0 Å². The predicted octanol–water partition coefficient (Wildman–Crippen LogP) is 2.33. The molecule has 1 aromatic rings. The maximum absolute atomic E-state index is 5.85. The number of aryl methyl sites for hydroxylation is 1. The van der Waals surface area contributed by atoms with Crippen LogP contribution < -0.4 is 11.1 Å². The zero-order valence-electron chi connectivity index (χ0n) is 11.7. The van der Waals surface area contributed by atoms with Gasteiger partial charge in [-0.2, -0.15) is 0 Å². The second-order valence-electron chi connectivity index (χ2n) is 5.91. The molecule has 0 amide bonds. The second-order valence-corrected chi connectivity index (χ2v) is 5.91. The van der Waals surface area contributed by atoms with E-state index in [0.29, 0.717) is 6.04 Å². The van der Waals surface area contributed by atoms with Crippen molar-refractivity contribution in [3.8, 4) is 0 Å². The fraction of sp³-hybridized carbons (Fsp3) is 0.625. The van der Waals surface area contributed by atoms with E-state index in [4.69, 9.17) is 5.73 Å². The van der Waals surface area contributed by atoms with Crippen LogP contribution >= 0.6 is 0 Å². The van der Waals surface area contributed by atoms with Crippen LogP contribution in [0.15, 0.2) is 18.2 Å². The highest BCUT2D eigenvalue weighted by Gasteiger charge is 2.22. The van der Waals surface area contributed by atoms with Crippen molar-refractivity contribution >= 4 is 5.69 Å². The van der Waals surface area contributed by atoms with Gasteiger partial charge >= 0.3 is 0 Å². The molecular formula is C16H25N3. The molecule has 2 aliphatic rings. The van der Waals surface area contributed by atoms with E-state index in [1.807, 2.05) is 6.07 Å². The molecule has 104 valence electrons. The molecule has 0 aromatic heterocycles. The minimum atomic E-state index is 0.542. The van der Waals surface area contributed by atoms with Gasteiger partial charge in [-0.15, -0.1) is 0 Å². The minimum Gasteiger partial charge on any atom is -0.399 e. The Labute approximate surface area is 116 Å². The third kappa shape index (κ3) is 3.10. The van der Waals surface area contributed by atoms with Gasteiger partial charge < -0.3 is 16.0 Å². The van der Waals surface area contributed by atoms with Crippen molar-refractivity contribution in [3.05, 3.63) is 29.3 Å². The van der Waals surface area contributed by atoms with Gasteiger partial charge in [-0.25, -0.2) is 0 Å². The monoisotopic (exact) mass is 259 g/mol. The molecule has 0 radical (unpaired) electrons. The molecule has 0 saturated carbocycles. The number of fused-ring (bicyclic) bond motifs is 1. The summed E-state index contributed by atoms with van der Waals surface area (Å²) in [7, 11) is 0. The number of nitrogens with two attached hydrogens (primary N) is 1. The standard InChI is InChI=1S/C16H25N3/c17-14-5-6-15-13(12-14)4-7-16(15)18-8-11-19-9-2-1-3-10-19/h5-6,12,16,18H,1-4,7-11,17H2. The summed E-state index contributed by atoms with van der Waals surface area (Å²) in [4.78, 5) is 2.59. The third-order valence-electron chi connectivity index (χ3n) is 4.51. The predicted molar refractivity (Wildman–Crippen MR) is 80.2 cm³/mol. The van der Waals surface area contributed by atoms with Crippen molar-refractivity contribution in [1.29, 1.82) is 0 Å². The summed E-state index contributed by atoms with van der Waals surface area (Å²) < 4.78 is 0. The molecule has 3 N–H and O–H groups in total. The maximum Gasteiger partial charge on any atom is 0.0326 e. The van der Waals surface area contributed by atoms with Crippen molar-refractivity contribution in [2.45, 2.75) is 38.1 Å². The lowest BCUT2D eigenvalue weighted by atomic mass is 10.1. The summed E-state index contributed by atoms with van der Waals surface area (Å²) in [6.45, 7) is 4.88. The van der Waals surface area contributed by atoms with E-state index in [2.05, 4.69) is 22.3 Å². The number of benzene rings is 1. The van der Waals surface area contributed by atoms with Gasteiger partial charge in [0.2, 0.25) is 0 Å². The number of anilines is 1. The summed E-state index contributed by atoms with van der Waals surface area (Å²) in [6.07, 6.45) is 6.57. The lowest BCUT2D eigenvalue weighted by molar-refractivity contribution is 0.226. The molecular weight excluding hydrogens is 234 g/mol. The fourth-order valence-corrected chi connectivity index (χ4v) is 3.43. The van der Waals surface area contributed by atoms with Crippen LogP contribution in [0.3, 0.4) is 0 Å². The van der Waals surface area contributed by atoms with Crippen molar-refractivity contribution in [1.82, 2.24) is 10.2 Å². The first kappa shape index (κ1) is 12.9. The van der Waals surface area contributed by atoms with Crippen LogP contribution in [0.4, 0.5) is 5.69 Å². The van der Waals surface area contributed by atoms with Crippen LogP contribution in [-0.4, -0.2) is 31.1 Å². The van der Waals surface area contributed by atoms with Crippen molar-refractivity contribution in [3.63, 3.8) is 0 Å². The van der Waals surface area contributed by atoms with Crippen LogP contribution in [0.1, 0.15) is 42.9 Å². The van der Waals surface area contributed by atoms with E-state index in [9.17, 15) is 0 Å². The highest BCUT2D eigenvalue weighted by atomic mass is 15.1. The number of nitrogen functional groups attached to an aromatic ring is 1. The molecule has 1 aliphatic heterocycles. The number of hydrogen-bond acceptors (Lipinski definition) is 3. The molecule has 3 nitrogen and oxygen atoms in total. The average molecular weight is 259 g/mol. The van der Waals surface area contributed by atoms with Gasteiger partial charge in [0.1, 0.15) is 0 Å². The highest BCUT2D eigenvalue weighted by Crippen LogP contribution is 2.32. The van der Waals surface area contributed by atoms with Crippen LogP contribution in [-0.2, 0) is 6.42 Å². The Morgan fingerprint density at radius 2 is 2.05 bits per heavy atom. The van der Waals surface area contributed by atoms with E-state index < -0.39 is 0 Å². The normalized spacial score (nSPS) is 23.5. The molecule has 3 heteroatoms. The van der Waals surface area contributed by atoms with E-state index in [1.165, 1.54) is 62.9 Å².